The molecule has 5 aromatic rings. The molecule has 2 amide bonds. The molecule has 0 spiro atoms. The van der Waals surface area contributed by atoms with Crippen molar-refractivity contribution in [2.45, 2.75) is 13.1 Å². The summed E-state index contributed by atoms with van der Waals surface area (Å²) in [6.45, 7) is 3.34. The third-order valence-electron chi connectivity index (χ3n) is 7.84. The van der Waals surface area contributed by atoms with Crippen LogP contribution in [0.2, 0.25) is 4.34 Å². The van der Waals surface area contributed by atoms with Crippen LogP contribution >= 0.6 is 22.9 Å². The highest BCUT2D eigenvalue weighted by atomic mass is 35.5. The van der Waals surface area contributed by atoms with Gasteiger partial charge in [-0.1, -0.05) is 41.9 Å². The maximum Gasteiger partial charge on any atom is 0.265 e. The van der Waals surface area contributed by atoms with E-state index < -0.39 is 0 Å². The second-order valence-electron chi connectivity index (χ2n) is 10.8. The zero-order chi connectivity index (χ0) is 31.9. The van der Waals surface area contributed by atoms with Gasteiger partial charge in [0, 0.05) is 50.3 Å². The number of carbonyl (C=O) groups excluding carboxylic acids is 2. The van der Waals surface area contributed by atoms with Gasteiger partial charge in [-0.25, -0.2) is 4.98 Å². The highest BCUT2D eigenvalue weighted by Gasteiger charge is 2.24. The number of carbonyl (C=O) groups is 2. The van der Waals surface area contributed by atoms with Crippen molar-refractivity contribution < 1.29 is 14.3 Å². The summed E-state index contributed by atoms with van der Waals surface area (Å²) < 4.78 is 8.44. The fourth-order valence-corrected chi connectivity index (χ4v) is 6.34. The van der Waals surface area contributed by atoms with Gasteiger partial charge in [0.05, 0.1) is 39.4 Å². The second-order valence-corrected chi connectivity index (χ2v) is 12.5. The number of aromatic nitrogens is 2. The maximum atomic E-state index is 13.7. The van der Waals surface area contributed by atoms with Crippen LogP contribution in [0.3, 0.4) is 0 Å². The van der Waals surface area contributed by atoms with E-state index in [1.54, 1.807) is 41.7 Å². The molecule has 9 nitrogen and oxygen atoms in total. The summed E-state index contributed by atoms with van der Waals surface area (Å²) in [5.41, 5.74) is 4.24. The molecule has 1 aliphatic heterocycles. The Balaban J connectivity index is 1.16. The number of amides is 2. The topological polar surface area (TPSA) is 94.7 Å². The Hall–Kier alpha value is -5.11. The summed E-state index contributed by atoms with van der Waals surface area (Å²) in [5.74, 6) is 0.442. The molecule has 2 aromatic heterocycles. The number of ether oxygens (including phenoxy) is 1. The lowest BCUT2D eigenvalue weighted by molar-refractivity contribution is -0.120. The Bertz CT molecular complexity index is 1820. The molecule has 1 aliphatic rings. The van der Waals surface area contributed by atoms with Gasteiger partial charge in [0.2, 0.25) is 0 Å². The van der Waals surface area contributed by atoms with Crippen LogP contribution in [0.15, 0.2) is 104 Å². The number of piperazine rings is 1. The van der Waals surface area contributed by atoms with Crippen molar-refractivity contribution in [2.75, 3.05) is 42.6 Å². The monoisotopic (exact) mass is 650 g/mol. The zero-order valence-corrected chi connectivity index (χ0v) is 26.5. The van der Waals surface area contributed by atoms with Crippen LogP contribution in [0.4, 0.5) is 11.4 Å². The SMILES string of the molecule is N#Cc1ccc(Cn2cncc2CN(C(=O)COc2ccccc2)c2ccc(N3CCN(C(=O)c4ccc(Cl)s4)CC3)cc2)cc1. The molecule has 0 atom stereocenters. The van der Waals surface area contributed by atoms with E-state index >= 15 is 0 Å². The largest absolute Gasteiger partial charge is 0.484 e. The standard InChI is InChI=1S/C35H31ClN6O3S/c36-33-15-14-32(46-33)35(44)40-18-16-39(17-19-40)28-10-12-29(13-11-28)42(34(43)24-45-31-4-2-1-3-5-31)23-30-21-38-25-41(30)22-27-8-6-26(20-37)7-9-27/h1-15,21,25H,16-19,22-24H2. The number of anilines is 2. The molecule has 3 aromatic carbocycles. The van der Waals surface area contributed by atoms with Crippen LogP contribution in [0.1, 0.15) is 26.5 Å². The van der Waals surface area contributed by atoms with Crippen molar-refractivity contribution in [3.63, 3.8) is 0 Å². The van der Waals surface area contributed by atoms with Crippen LogP contribution in [0, 0.1) is 11.3 Å². The van der Waals surface area contributed by atoms with Gasteiger partial charge in [-0.3, -0.25) is 9.59 Å². The van der Waals surface area contributed by atoms with E-state index in [0.717, 1.165) is 22.6 Å². The average Bonchev–Trinajstić information content (AvgIpc) is 3.75. The van der Waals surface area contributed by atoms with E-state index in [0.29, 0.717) is 59.8 Å². The van der Waals surface area contributed by atoms with E-state index in [9.17, 15) is 9.59 Å². The molecule has 3 heterocycles. The van der Waals surface area contributed by atoms with E-state index in [4.69, 9.17) is 21.6 Å². The number of nitrogens with zero attached hydrogens (tertiary/aromatic N) is 6. The summed E-state index contributed by atoms with van der Waals surface area (Å²) >= 11 is 7.33. The first-order valence-corrected chi connectivity index (χ1v) is 16.0. The number of nitriles is 1. The number of halogens is 1. The summed E-state index contributed by atoms with van der Waals surface area (Å²) in [6, 6.07) is 30.3. The lowest BCUT2D eigenvalue weighted by Gasteiger charge is -2.36. The molecular weight excluding hydrogens is 620 g/mol. The van der Waals surface area contributed by atoms with E-state index in [-0.39, 0.29) is 18.4 Å². The summed E-state index contributed by atoms with van der Waals surface area (Å²) in [5, 5.41) is 9.13. The first-order valence-electron chi connectivity index (χ1n) is 14.8. The minimum Gasteiger partial charge on any atom is -0.484 e. The van der Waals surface area contributed by atoms with Crippen molar-refractivity contribution >= 4 is 46.1 Å². The van der Waals surface area contributed by atoms with Gasteiger partial charge in [0.1, 0.15) is 5.75 Å². The van der Waals surface area contributed by atoms with Crippen LogP contribution < -0.4 is 14.5 Å². The molecule has 1 fully saturated rings. The smallest absolute Gasteiger partial charge is 0.265 e. The molecule has 232 valence electrons. The van der Waals surface area contributed by atoms with Crippen molar-refractivity contribution in [3.05, 3.63) is 130 Å². The van der Waals surface area contributed by atoms with E-state index in [1.807, 2.05) is 76.2 Å². The number of hydrogen-bond acceptors (Lipinski definition) is 7. The van der Waals surface area contributed by atoms with Crippen molar-refractivity contribution in [2.24, 2.45) is 0 Å². The quantitative estimate of drug-likeness (QED) is 0.182. The van der Waals surface area contributed by atoms with Gasteiger partial charge in [-0.2, -0.15) is 5.26 Å². The zero-order valence-electron chi connectivity index (χ0n) is 25.0. The minimum absolute atomic E-state index is 0.0113. The van der Waals surface area contributed by atoms with Crippen molar-refractivity contribution in [1.82, 2.24) is 14.5 Å². The Kier molecular flexibility index (Phi) is 9.62. The predicted molar refractivity (Wildman–Crippen MR) is 180 cm³/mol. The number of thiophene rings is 1. The van der Waals surface area contributed by atoms with E-state index in [2.05, 4.69) is 16.0 Å². The van der Waals surface area contributed by atoms with Gasteiger partial charge < -0.3 is 24.0 Å². The van der Waals surface area contributed by atoms with Gasteiger partial charge in [-0.05, 0) is 66.2 Å². The lowest BCUT2D eigenvalue weighted by Crippen LogP contribution is -2.48. The number of benzene rings is 3. The van der Waals surface area contributed by atoms with Gasteiger partial charge in [-0.15, -0.1) is 11.3 Å². The third kappa shape index (κ3) is 7.40. The minimum atomic E-state index is -0.191. The Morgan fingerprint density at radius 3 is 2.35 bits per heavy atom. The molecule has 6 rings (SSSR count). The number of imidazole rings is 1. The van der Waals surface area contributed by atoms with Gasteiger partial charge in [0.15, 0.2) is 6.61 Å². The van der Waals surface area contributed by atoms with E-state index in [1.165, 1.54) is 11.3 Å². The van der Waals surface area contributed by atoms with Crippen LogP contribution in [-0.2, 0) is 17.9 Å². The Morgan fingerprint density at radius 2 is 1.67 bits per heavy atom. The summed E-state index contributed by atoms with van der Waals surface area (Å²) in [6.07, 6.45) is 3.51. The third-order valence-corrected chi connectivity index (χ3v) is 9.06. The molecule has 0 aliphatic carbocycles. The molecule has 0 saturated carbocycles. The molecular formula is C35H31ClN6O3S. The summed E-state index contributed by atoms with van der Waals surface area (Å²) in [7, 11) is 0. The van der Waals surface area contributed by atoms with Crippen LogP contribution in [0.5, 0.6) is 5.75 Å². The maximum absolute atomic E-state index is 13.7. The molecule has 11 heteroatoms. The highest BCUT2D eigenvalue weighted by Crippen LogP contribution is 2.26. The predicted octanol–water partition coefficient (Wildman–Crippen LogP) is 6.09. The number of rotatable bonds is 10. The number of hydrogen-bond donors (Lipinski definition) is 0. The molecule has 46 heavy (non-hydrogen) atoms. The molecule has 0 N–H and O–H groups in total. The second kappa shape index (κ2) is 14.3. The summed E-state index contributed by atoms with van der Waals surface area (Å²) in [4.78, 5) is 37.4. The normalized spacial score (nSPS) is 12.9. The first-order chi connectivity index (χ1) is 22.5. The van der Waals surface area contributed by atoms with Gasteiger partial charge in [0.25, 0.3) is 11.8 Å². The molecule has 0 unspecified atom stereocenters. The number of para-hydroxylation sites is 1. The van der Waals surface area contributed by atoms with Crippen molar-refractivity contribution in [3.8, 4) is 11.8 Å². The van der Waals surface area contributed by atoms with Crippen LogP contribution in [0.25, 0.3) is 0 Å². The Labute approximate surface area is 276 Å². The van der Waals surface area contributed by atoms with Crippen molar-refractivity contribution in [1.29, 1.82) is 5.26 Å². The fourth-order valence-electron chi connectivity index (χ4n) is 5.32. The fraction of sp³-hybridized carbons (Fsp3) is 0.200. The van der Waals surface area contributed by atoms with Crippen LogP contribution in [-0.4, -0.2) is 59.1 Å². The Morgan fingerprint density at radius 1 is 0.935 bits per heavy atom. The average molecular weight is 651 g/mol. The molecule has 0 bridgehead atoms. The lowest BCUT2D eigenvalue weighted by atomic mass is 10.1. The highest BCUT2D eigenvalue weighted by molar-refractivity contribution is 7.17. The first kappa shape index (κ1) is 30.9. The molecule has 0 radical (unpaired) electrons. The van der Waals surface area contributed by atoms with Gasteiger partial charge >= 0.3 is 0 Å². The molecule has 1 saturated heterocycles.